The highest BCUT2D eigenvalue weighted by Gasteiger charge is 2.46. The van der Waals surface area contributed by atoms with Gasteiger partial charge in [0, 0.05) is 41.3 Å². The van der Waals surface area contributed by atoms with E-state index in [1.807, 2.05) is 18.2 Å². The summed E-state index contributed by atoms with van der Waals surface area (Å²) in [5.74, 6) is 0.487. The number of carbonyl (C=O) groups is 3. The van der Waals surface area contributed by atoms with E-state index in [-0.39, 0.29) is 34.9 Å². The van der Waals surface area contributed by atoms with Gasteiger partial charge in [-0.15, -0.1) is 0 Å². The van der Waals surface area contributed by atoms with E-state index in [0.717, 1.165) is 29.8 Å². The minimum absolute atomic E-state index is 0.0476. The summed E-state index contributed by atoms with van der Waals surface area (Å²) in [4.78, 5) is 40.1. The number of benzene rings is 2. The van der Waals surface area contributed by atoms with E-state index in [2.05, 4.69) is 54.3 Å². The lowest BCUT2D eigenvalue weighted by atomic mass is 9.64. The molecule has 2 N–H and O–H groups in total. The van der Waals surface area contributed by atoms with E-state index in [1.165, 1.54) is 14.2 Å². The van der Waals surface area contributed by atoms with Crippen molar-refractivity contribution in [2.75, 3.05) is 26.1 Å². The quantitative estimate of drug-likeness (QED) is 0.360. The Morgan fingerprint density at radius 3 is 2.05 bits per heavy atom. The number of methoxy groups -OCH3 is 2. The molecule has 1 amide bonds. The molecule has 0 aromatic heterocycles. The Bertz CT molecular complexity index is 1480. The number of anilines is 1. The average Bonchev–Trinajstić information content (AvgIpc) is 2.89. The predicted octanol–water partition coefficient (Wildman–Crippen LogP) is 6.46. The third-order valence-corrected chi connectivity index (χ3v) is 8.62. The van der Waals surface area contributed by atoms with Crippen molar-refractivity contribution in [2.24, 2.45) is 10.8 Å². The Morgan fingerprint density at radius 1 is 0.905 bits per heavy atom. The van der Waals surface area contributed by atoms with Crippen LogP contribution in [0.2, 0.25) is 0 Å². The first-order valence-electron chi connectivity index (χ1n) is 14.0. The van der Waals surface area contributed by atoms with Gasteiger partial charge >= 0.3 is 0 Å². The number of amides is 1. The van der Waals surface area contributed by atoms with Gasteiger partial charge in [-0.05, 0) is 69.4 Å². The van der Waals surface area contributed by atoms with Gasteiger partial charge in [0.15, 0.2) is 29.7 Å². The fourth-order valence-corrected chi connectivity index (χ4v) is 6.91. The van der Waals surface area contributed by atoms with Crippen LogP contribution >= 0.6 is 15.9 Å². The standard InChI is InChI=1S/C33H37BrN2O6/c1-32(2)13-21-29(23(37)15-32)28(30-22(35-21)14-33(3,4)16-24(30)38)18-11-19(34)31(26(12-18)41-6)42-17-27(39)36-20-9-7-8-10-25(20)40-5/h7-12,28,35H,13-17H2,1-6H3,(H,36,39). The molecule has 1 aliphatic heterocycles. The highest BCUT2D eigenvalue weighted by Crippen LogP contribution is 2.52. The van der Waals surface area contributed by atoms with Crippen LogP contribution in [0.3, 0.4) is 0 Å². The Balaban J connectivity index is 1.50. The summed E-state index contributed by atoms with van der Waals surface area (Å²) in [7, 11) is 3.06. The molecule has 3 aliphatic rings. The van der Waals surface area contributed by atoms with Gasteiger partial charge in [-0.25, -0.2) is 0 Å². The number of ketones is 2. The molecule has 0 saturated heterocycles. The van der Waals surface area contributed by atoms with Crippen molar-refractivity contribution in [3.8, 4) is 17.2 Å². The number of dihydropyridines is 1. The van der Waals surface area contributed by atoms with Crippen molar-refractivity contribution in [2.45, 2.75) is 59.3 Å². The van der Waals surface area contributed by atoms with Gasteiger partial charge in [-0.3, -0.25) is 14.4 Å². The molecular formula is C33H37BrN2O6. The molecule has 0 unspecified atom stereocenters. The summed E-state index contributed by atoms with van der Waals surface area (Å²) in [6, 6.07) is 10.8. The van der Waals surface area contributed by atoms with Gasteiger partial charge in [0.1, 0.15) is 5.75 Å². The van der Waals surface area contributed by atoms with Gasteiger partial charge < -0.3 is 24.8 Å². The number of Topliss-reactive ketones (excluding diaryl/α,β-unsaturated/α-hetero) is 2. The maximum Gasteiger partial charge on any atom is 0.262 e. The number of para-hydroxylation sites is 2. The van der Waals surface area contributed by atoms with E-state index in [9.17, 15) is 14.4 Å². The first-order chi connectivity index (χ1) is 19.8. The zero-order chi connectivity index (χ0) is 30.4. The largest absolute Gasteiger partial charge is 0.495 e. The normalized spacial score (nSPS) is 19.5. The van der Waals surface area contributed by atoms with Gasteiger partial charge in [0.05, 0.1) is 24.4 Å². The van der Waals surface area contributed by atoms with E-state index in [0.29, 0.717) is 51.4 Å². The third-order valence-electron chi connectivity index (χ3n) is 8.03. The monoisotopic (exact) mass is 636 g/mol. The van der Waals surface area contributed by atoms with E-state index >= 15 is 0 Å². The summed E-state index contributed by atoms with van der Waals surface area (Å²) in [6.45, 7) is 8.12. The second kappa shape index (κ2) is 11.2. The lowest BCUT2D eigenvalue weighted by Crippen LogP contribution is -2.42. The summed E-state index contributed by atoms with van der Waals surface area (Å²) in [5.41, 5.74) is 4.03. The Kier molecular flexibility index (Phi) is 8.00. The number of carbonyl (C=O) groups excluding carboxylic acids is 3. The summed E-state index contributed by atoms with van der Waals surface area (Å²) < 4.78 is 17.5. The molecule has 0 radical (unpaired) electrons. The highest BCUT2D eigenvalue weighted by atomic mass is 79.9. The zero-order valence-electron chi connectivity index (χ0n) is 24.9. The molecular weight excluding hydrogens is 600 g/mol. The van der Waals surface area contributed by atoms with E-state index in [1.54, 1.807) is 18.2 Å². The predicted molar refractivity (Wildman–Crippen MR) is 164 cm³/mol. The highest BCUT2D eigenvalue weighted by molar-refractivity contribution is 9.10. The van der Waals surface area contributed by atoms with Crippen LogP contribution in [0.1, 0.15) is 64.9 Å². The number of halogens is 1. The Labute approximate surface area is 255 Å². The summed E-state index contributed by atoms with van der Waals surface area (Å²) >= 11 is 3.61. The Hall–Kier alpha value is -3.59. The van der Waals surface area contributed by atoms with Crippen LogP contribution in [0.15, 0.2) is 63.4 Å². The smallest absolute Gasteiger partial charge is 0.262 e. The molecule has 8 nitrogen and oxygen atoms in total. The van der Waals surface area contributed by atoms with Crippen LogP contribution in [-0.2, 0) is 14.4 Å². The minimum Gasteiger partial charge on any atom is -0.495 e. The van der Waals surface area contributed by atoms with Crippen molar-refractivity contribution in [1.82, 2.24) is 5.32 Å². The van der Waals surface area contributed by atoms with Crippen LogP contribution < -0.4 is 24.8 Å². The maximum absolute atomic E-state index is 13.7. The molecule has 0 saturated carbocycles. The van der Waals surface area contributed by atoms with Crippen LogP contribution in [-0.4, -0.2) is 38.3 Å². The summed E-state index contributed by atoms with van der Waals surface area (Å²) in [6.07, 6.45) is 2.26. The van der Waals surface area contributed by atoms with Gasteiger partial charge in [-0.2, -0.15) is 0 Å². The topological polar surface area (TPSA) is 103 Å². The number of hydrogen-bond acceptors (Lipinski definition) is 7. The second-order valence-corrected chi connectivity index (χ2v) is 13.6. The van der Waals surface area contributed by atoms with E-state index < -0.39 is 5.92 Å². The third kappa shape index (κ3) is 5.84. The zero-order valence-corrected chi connectivity index (χ0v) is 26.5. The molecule has 0 atom stereocenters. The van der Waals surface area contributed by atoms with E-state index in [4.69, 9.17) is 14.2 Å². The first-order valence-corrected chi connectivity index (χ1v) is 14.8. The minimum atomic E-state index is -0.517. The van der Waals surface area contributed by atoms with Crippen molar-refractivity contribution >= 4 is 39.1 Å². The lowest BCUT2D eigenvalue weighted by Gasteiger charge is -2.44. The van der Waals surface area contributed by atoms with Gasteiger partial charge in [0.25, 0.3) is 5.91 Å². The number of hydrogen-bond donors (Lipinski definition) is 2. The van der Waals surface area contributed by atoms with Gasteiger partial charge in [0.2, 0.25) is 0 Å². The fourth-order valence-electron chi connectivity index (χ4n) is 6.34. The Morgan fingerprint density at radius 2 is 1.48 bits per heavy atom. The number of allylic oxidation sites excluding steroid dienone is 4. The lowest BCUT2D eigenvalue weighted by molar-refractivity contribution is -0.119. The molecule has 5 rings (SSSR count). The van der Waals surface area contributed by atoms with Crippen molar-refractivity contribution in [3.05, 3.63) is 69.0 Å². The van der Waals surface area contributed by atoms with Crippen LogP contribution in [0, 0.1) is 10.8 Å². The number of nitrogens with one attached hydrogen (secondary N) is 2. The van der Waals surface area contributed by atoms with Crippen LogP contribution in [0.5, 0.6) is 17.2 Å². The molecule has 0 bridgehead atoms. The molecule has 2 aromatic carbocycles. The van der Waals surface area contributed by atoms with Gasteiger partial charge in [-0.1, -0.05) is 39.8 Å². The summed E-state index contributed by atoms with van der Waals surface area (Å²) in [5, 5.41) is 6.34. The number of rotatable bonds is 7. The average molecular weight is 638 g/mol. The maximum atomic E-state index is 13.7. The first kappa shape index (κ1) is 29.9. The molecule has 2 aliphatic carbocycles. The molecule has 2 aromatic rings. The molecule has 222 valence electrons. The number of ether oxygens (including phenoxy) is 3. The van der Waals surface area contributed by atoms with Crippen LogP contribution in [0.4, 0.5) is 5.69 Å². The van der Waals surface area contributed by atoms with Crippen molar-refractivity contribution in [1.29, 1.82) is 0 Å². The fraction of sp³-hybridized carbons (Fsp3) is 0.424. The van der Waals surface area contributed by atoms with Crippen molar-refractivity contribution in [3.63, 3.8) is 0 Å². The second-order valence-electron chi connectivity index (χ2n) is 12.8. The molecule has 0 fully saturated rings. The SMILES string of the molecule is COc1ccccc1NC(=O)COc1c(Br)cc(C2C3=C(CC(C)(C)CC3=O)NC3=C2C(=O)CC(C)(C)C3)cc1OC. The molecule has 9 heteroatoms. The molecule has 42 heavy (non-hydrogen) atoms. The van der Waals surface area contributed by atoms with Crippen molar-refractivity contribution < 1.29 is 28.6 Å². The molecule has 0 spiro atoms. The van der Waals surface area contributed by atoms with Crippen LogP contribution in [0.25, 0.3) is 0 Å². The molecule has 1 heterocycles.